The number of halogens is 2. The smallest absolute Gasteiger partial charge is 0.310 e. The van der Waals surface area contributed by atoms with E-state index in [1.807, 2.05) is 24.3 Å². The quantitative estimate of drug-likeness (QED) is 0.631. The number of likely N-dealkylation sites (tertiary alicyclic amines) is 1. The van der Waals surface area contributed by atoms with Crippen LogP contribution in [0.1, 0.15) is 53.6 Å². The molecular formula is C25H30F2N2O. The molecule has 0 radical (unpaired) electrons. The molecule has 0 amide bonds. The van der Waals surface area contributed by atoms with E-state index in [-0.39, 0.29) is 17.9 Å². The summed E-state index contributed by atoms with van der Waals surface area (Å²) in [5, 5.41) is 3.28. The number of anilines is 1. The number of aryl methyl sites for hydroxylation is 1. The second-order valence-corrected chi connectivity index (χ2v) is 8.70. The summed E-state index contributed by atoms with van der Waals surface area (Å²) >= 11 is 0. The molecule has 2 aromatic carbocycles. The Hall–Kier alpha value is -2.27. The Morgan fingerprint density at radius 3 is 2.60 bits per heavy atom. The van der Waals surface area contributed by atoms with E-state index in [0.717, 1.165) is 56.7 Å². The summed E-state index contributed by atoms with van der Waals surface area (Å²) in [5.74, 6) is -4.47. The number of hydrogen-bond donors (Lipinski definition) is 1. The molecule has 3 nitrogen and oxygen atoms in total. The average molecular weight is 413 g/mol. The minimum absolute atomic E-state index is 0.116. The number of carbonyl (C=O) groups excluding carboxylic acids is 1. The molecule has 2 aliphatic rings. The van der Waals surface area contributed by atoms with Gasteiger partial charge in [0, 0.05) is 30.8 Å². The van der Waals surface area contributed by atoms with E-state index in [2.05, 4.69) is 22.3 Å². The molecular weight excluding hydrogens is 382 g/mol. The van der Waals surface area contributed by atoms with Crippen molar-refractivity contribution in [2.45, 2.75) is 51.0 Å². The van der Waals surface area contributed by atoms with Crippen molar-refractivity contribution in [3.63, 3.8) is 0 Å². The minimum Gasteiger partial charge on any atom is -0.385 e. The highest BCUT2D eigenvalue weighted by atomic mass is 19.3. The molecule has 4 rings (SSSR count). The number of nitrogens with one attached hydrogen (secondary N) is 1. The highest BCUT2D eigenvalue weighted by Gasteiger charge is 2.42. The van der Waals surface area contributed by atoms with Gasteiger partial charge in [-0.1, -0.05) is 42.5 Å². The predicted octanol–water partition coefficient (Wildman–Crippen LogP) is 5.56. The number of rotatable bonds is 6. The normalized spacial score (nSPS) is 18.3. The first-order chi connectivity index (χ1) is 14.5. The topological polar surface area (TPSA) is 32.3 Å². The zero-order chi connectivity index (χ0) is 21.0. The molecule has 2 aliphatic heterocycles. The van der Waals surface area contributed by atoms with Crippen LogP contribution in [-0.4, -0.2) is 36.2 Å². The number of Topliss-reactive ketones (excluding diaryl/α,β-unsaturated/α-hetero) is 1. The maximum atomic E-state index is 14.9. The van der Waals surface area contributed by atoms with Crippen molar-refractivity contribution < 1.29 is 13.6 Å². The van der Waals surface area contributed by atoms with E-state index in [9.17, 15) is 13.6 Å². The summed E-state index contributed by atoms with van der Waals surface area (Å²) in [6.07, 6.45) is 4.12. The van der Waals surface area contributed by atoms with Crippen LogP contribution in [0.5, 0.6) is 0 Å². The Labute approximate surface area is 177 Å². The number of nitrogens with zero attached hydrogens (tertiary/aromatic N) is 1. The maximum Gasteiger partial charge on any atom is 0.310 e. The molecule has 0 unspecified atom stereocenters. The van der Waals surface area contributed by atoms with E-state index in [0.29, 0.717) is 12.8 Å². The summed E-state index contributed by atoms with van der Waals surface area (Å²) < 4.78 is 29.7. The zero-order valence-electron chi connectivity index (χ0n) is 17.4. The third-order valence-corrected chi connectivity index (χ3v) is 6.39. The minimum atomic E-state index is -3.31. The van der Waals surface area contributed by atoms with Crippen molar-refractivity contribution in [1.82, 2.24) is 4.90 Å². The van der Waals surface area contributed by atoms with Crippen molar-refractivity contribution in [3.8, 4) is 0 Å². The lowest BCUT2D eigenvalue weighted by Crippen LogP contribution is -2.38. The van der Waals surface area contributed by atoms with Crippen LogP contribution >= 0.6 is 0 Å². The number of hydrogen-bond acceptors (Lipinski definition) is 3. The van der Waals surface area contributed by atoms with Gasteiger partial charge in [0.15, 0.2) is 0 Å². The summed E-state index contributed by atoms with van der Waals surface area (Å²) in [7, 11) is 0. The Balaban J connectivity index is 1.34. The lowest BCUT2D eigenvalue weighted by molar-refractivity contribution is -0.0124. The number of carbonyl (C=O) groups is 1. The monoisotopic (exact) mass is 412 g/mol. The third kappa shape index (κ3) is 5.07. The molecule has 0 saturated carbocycles. The molecule has 0 aromatic heterocycles. The highest BCUT2D eigenvalue weighted by molar-refractivity contribution is 6.02. The fourth-order valence-electron chi connectivity index (χ4n) is 4.62. The Morgan fingerprint density at radius 1 is 1.07 bits per heavy atom. The zero-order valence-corrected chi connectivity index (χ0v) is 17.4. The van der Waals surface area contributed by atoms with Crippen LogP contribution in [-0.2, 0) is 13.0 Å². The van der Waals surface area contributed by atoms with Crippen molar-refractivity contribution in [2.75, 3.05) is 25.0 Å². The fraction of sp³-hybridized carbons (Fsp3) is 0.480. The van der Waals surface area contributed by atoms with E-state index in [4.69, 9.17) is 0 Å². The Kier molecular flexibility index (Phi) is 6.47. The molecule has 2 aromatic rings. The van der Waals surface area contributed by atoms with Gasteiger partial charge in [-0.25, -0.2) is 0 Å². The predicted molar refractivity (Wildman–Crippen MR) is 116 cm³/mol. The van der Waals surface area contributed by atoms with Gasteiger partial charge in [0.05, 0.1) is 0 Å². The van der Waals surface area contributed by atoms with E-state index in [1.165, 1.54) is 5.56 Å². The van der Waals surface area contributed by atoms with Gasteiger partial charge in [-0.15, -0.1) is 0 Å². The maximum absolute atomic E-state index is 14.9. The first-order valence-electron chi connectivity index (χ1n) is 11.1. The molecule has 0 atom stereocenters. The number of fused-ring (bicyclic) bond motifs is 1. The molecule has 1 N–H and O–H groups in total. The summed E-state index contributed by atoms with van der Waals surface area (Å²) in [6, 6.07) is 15.2. The first kappa shape index (κ1) is 21.0. The van der Waals surface area contributed by atoms with Crippen molar-refractivity contribution in [2.24, 2.45) is 5.92 Å². The molecule has 1 fully saturated rings. The van der Waals surface area contributed by atoms with Crippen molar-refractivity contribution >= 4 is 11.5 Å². The van der Waals surface area contributed by atoms with Crippen LogP contribution < -0.4 is 5.32 Å². The SMILES string of the molecule is O=C(c1ccc2c(c1)NCCCC2)C(F)(F)CC1CCN(Cc2ccccc2)CC1. The molecule has 0 aliphatic carbocycles. The average Bonchev–Trinajstić information content (AvgIpc) is 3.00. The van der Waals surface area contributed by atoms with Gasteiger partial charge in [-0.3, -0.25) is 9.69 Å². The lowest BCUT2D eigenvalue weighted by Gasteiger charge is -2.33. The van der Waals surface area contributed by atoms with Crippen molar-refractivity contribution in [3.05, 3.63) is 65.2 Å². The standard InChI is InChI=1S/C25H30F2N2O/c26-25(27,24(30)22-10-9-21-8-4-5-13-28-23(21)16-22)17-19-11-14-29(15-12-19)18-20-6-2-1-3-7-20/h1-3,6-7,9-10,16,19,28H,4-5,8,11-15,17-18H2. The summed E-state index contributed by atoms with van der Waals surface area (Å²) in [4.78, 5) is 14.9. The van der Waals surface area contributed by atoms with Crippen LogP contribution in [0, 0.1) is 5.92 Å². The largest absolute Gasteiger partial charge is 0.385 e. The highest BCUT2D eigenvalue weighted by Crippen LogP contribution is 2.34. The molecule has 0 spiro atoms. The molecule has 5 heteroatoms. The molecule has 2 heterocycles. The Bertz CT molecular complexity index is 861. The molecule has 0 bridgehead atoms. The number of piperidine rings is 1. The van der Waals surface area contributed by atoms with E-state index >= 15 is 0 Å². The van der Waals surface area contributed by atoms with Gasteiger partial charge in [-0.05, 0) is 68.3 Å². The number of alkyl halides is 2. The van der Waals surface area contributed by atoms with E-state index in [1.54, 1.807) is 12.1 Å². The lowest BCUT2D eigenvalue weighted by atomic mass is 9.87. The molecule has 160 valence electrons. The van der Waals surface area contributed by atoms with Gasteiger partial charge in [-0.2, -0.15) is 8.78 Å². The molecule has 1 saturated heterocycles. The summed E-state index contributed by atoms with van der Waals surface area (Å²) in [6.45, 7) is 3.27. The van der Waals surface area contributed by atoms with Crippen LogP contribution in [0.4, 0.5) is 14.5 Å². The fourth-order valence-corrected chi connectivity index (χ4v) is 4.62. The van der Waals surface area contributed by atoms with Gasteiger partial charge < -0.3 is 5.32 Å². The second-order valence-electron chi connectivity index (χ2n) is 8.70. The van der Waals surface area contributed by atoms with Crippen LogP contribution in [0.15, 0.2) is 48.5 Å². The van der Waals surface area contributed by atoms with Crippen molar-refractivity contribution in [1.29, 1.82) is 0 Å². The van der Waals surface area contributed by atoms with Crippen LogP contribution in [0.2, 0.25) is 0 Å². The van der Waals surface area contributed by atoms with Gasteiger partial charge in [0.2, 0.25) is 5.78 Å². The third-order valence-electron chi connectivity index (χ3n) is 6.39. The molecule has 30 heavy (non-hydrogen) atoms. The van der Waals surface area contributed by atoms with Crippen LogP contribution in [0.25, 0.3) is 0 Å². The summed E-state index contributed by atoms with van der Waals surface area (Å²) in [5.41, 5.74) is 3.31. The second kappa shape index (κ2) is 9.25. The first-order valence-corrected chi connectivity index (χ1v) is 11.1. The number of benzene rings is 2. The van der Waals surface area contributed by atoms with Gasteiger partial charge in [0.25, 0.3) is 0 Å². The van der Waals surface area contributed by atoms with Gasteiger partial charge >= 0.3 is 5.92 Å². The van der Waals surface area contributed by atoms with Crippen LogP contribution in [0.3, 0.4) is 0 Å². The number of ketones is 1. The Morgan fingerprint density at radius 2 is 1.83 bits per heavy atom. The van der Waals surface area contributed by atoms with Gasteiger partial charge in [0.1, 0.15) is 0 Å². The van der Waals surface area contributed by atoms with E-state index < -0.39 is 11.7 Å².